The van der Waals surface area contributed by atoms with E-state index in [2.05, 4.69) is 22.6 Å². The molecule has 4 nitrogen and oxygen atoms in total. The van der Waals surface area contributed by atoms with E-state index in [1.807, 2.05) is 12.1 Å². The summed E-state index contributed by atoms with van der Waals surface area (Å²) in [5.74, 6) is -0.953. The average Bonchev–Trinajstić information content (AvgIpc) is 2.56. The molecule has 1 aliphatic carbocycles. The first-order valence-electron chi connectivity index (χ1n) is 7.67. The average molecular weight is 448 g/mol. The number of carboxylic acid groups (broad SMARTS) is 1. The largest absolute Gasteiger partial charge is 0.479 e. The van der Waals surface area contributed by atoms with Gasteiger partial charge in [0.25, 0.3) is 0 Å². The molecule has 2 rings (SSSR count). The van der Waals surface area contributed by atoms with Crippen molar-refractivity contribution in [3.05, 3.63) is 35.4 Å². The number of halogens is 1. The molecule has 126 valence electrons. The van der Waals surface area contributed by atoms with Crippen LogP contribution in [0.2, 0.25) is 0 Å². The summed E-state index contributed by atoms with van der Waals surface area (Å²) in [6.07, 6.45) is 4.62. The van der Waals surface area contributed by atoms with E-state index in [4.69, 9.17) is 4.74 Å². The Morgan fingerprint density at radius 3 is 2.52 bits per heavy atom. The maximum Gasteiger partial charge on any atom is 0.334 e. The molecule has 1 fully saturated rings. The first-order valence-corrected chi connectivity index (χ1v) is 9.86. The molecular weight excluding hydrogens is 427 g/mol. The van der Waals surface area contributed by atoms with Gasteiger partial charge in [-0.05, 0) is 18.4 Å². The monoisotopic (exact) mass is 448 g/mol. The van der Waals surface area contributed by atoms with Crippen LogP contribution >= 0.6 is 34.4 Å². The van der Waals surface area contributed by atoms with Crippen LogP contribution < -0.4 is 0 Å². The van der Waals surface area contributed by atoms with Crippen molar-refractivity contribution in [1.82, 2.24) is 0 Å². The minimum atomic E-state index is -0.953. The predicted octanol–water partition coefficient (Wildman–Crippen LogP) is 4.12. The molecule has 0 saturated heterocycles. The van der Waals surface area contributed by atoms with Gasteiger partial charge >= 0.3 is 5.97 Å². The molecule has 0 spiro atoms. The van der Waals surface area contributed by atoms with Crippen molar-refractivity contribution in [2.45, 2.75) is 46.2 Å². The lowest BCUT2D eigenvalue weighted by atomic mass is 10.0. The number of benzene rings is 1. The zero-order chi connectivity index (χ0) is 16.8. The third kappa shape index (κ3) is 4.93. The zero-order valence-corrected chi connectivity index (χ0v) is 16.0. The molecular formula is C17H21IO4S. The number of thioether (sulfide) groups is 1. The number of hydrogen-bond donors (Lipinski definition) is 1. The second-order valence-electron chi connectivity index (χ2n) is 5.67. The van der Waals surface area contributed by atoms with Gasteiger partial charge in [0, 0.05) is 21.8 Å². The second-order valence-corrected chi connectivity index (χ2v) is 8.66. The van der Waals surface area contributed by atoms with Gasteiger partial charge in [-0.1, -0.05) is 59.7 Å². The van der Waals surface area contributed by atoms with Crippen molar-refractivity contribution in [3.63, 3.8) is 0 Å². The smallest absolute Gasteiger partial charge is 0.334 e. The lowest BCUT2D eigenvalue weighted by molar-refractivity contribution is -0.148. The number of carbonyl (C=O) groups is 2. The molecule has 1 aromatic rings. The Kier molecular flexibility index (Phi) is 7.36. The Hall–Kier alpha value is -0.600. The summed E-state index contributed by atoms with van der Waals surface area (Å²) in [5, 5.41) is 9.65. The lowest BCUT2D eigenvalue weighted by Crippen LogP contribution is -2.32. The number of aliphatic carboxylic acids is 1. The summed E-state index contributed by atoms with van der Waals surface area (Å²) in [5.41, 5.74) is 1.48. The highest BCUT2D eigenvalue weighted by atomic mass is 127. The van der Waals surface area contributed by atoms with Crippen LogP contribution in [0.15, 0.2) is 24.3 Å². The number of aldehydes is 1. The summed E-state index contributed by atoms with van der Waals surface area (Å²) in [4.78, 5) is 22.4. The zero-order valence-electron chi connectivity index (χ0n) is 13.0. The molecule has 1 aliphatic rings. The van der Waals surface area contributed by atoms with E-state index in [1.54, 1.807) is 23.9 Å². The van der Waals surface area contributed by atoms with Gasteiger partial charge in [0.05, 0.1) is 5.25 Å². The van der Waals surface area contributed by atoms with Gasteiger partial charge in [0.2, 0.25) is 0 Å². The first kappa shape index (κ1) is 18.7. The fourth-order valence-corrected chi connectivity index (χ4v) is 5.82. The number of rotatable bonds is 7. The molecule has 1 saturated carbocycles. The fourth-order valence-electron chi connectivity index (χ4n) is 2.84. The van der Waals surface area contributed by atoms with Crippen molar-refractivity contribution in [2.75, 3.05) is 7.11 Å². The van der Waals surface area contributed by atoms with Crippen LogP contribution in [0.3, 0.4) is 0 Å². The Balaban J connectivity index is 2.26. The number of ether oxygens (including phenoxy) is 1. The summed E-state index contributed by atoms with van der Waals surface area (Å²) in [7, 11) is 1.44. The van der Waals surface area contributed by atoms with Crippen LogP contribution in [-0.4, -0.2) is 39.8 Å². The predicted molar refractivity (Wildman–Crippen MR) is 101 cm³/mol. The van der Waals surface area contributed by atoms with Gasteiger partial charge in [-0.2, -0.15) is 0 Å². The first-order chi connectivity index (χ1) is 11.1. The highest BCUT2D eigenvalue weighted by Crippen LogP contribution is 2.43. The summed E-state index contributed by atoms with van der Waals surface area (Å²) < 4.78 is 5.82. The Bertz CT molecular complexity index is 534. The summed E-state index contributed by atoms with van der Waals surface area (Å²) >= 11 is 4.18. The Labute approximate surface area is 154 Å². The number of alkyl halides is 1. The molecule has 4 unspecified atom stereocenters. The molecule has 1 aromatic carbocycles. The van der Waals surface area contributed by atoms with E-state index in [-0.39, 0.29) is 5.25 Å². The SMILES string of the molecule is COC(C(=O)O)C(SC1CCCCC1I)c1ccc(C=O)cc1. The van der Waals surface area contributed by atoms with Gasteiger partial charge < -0.3 is 9.84 Å². The van der Waals surface area contributed by atoms with Crippen molar-refractivity contribution in [2.24, 2.45) is 0 Å². The van der Waals surface area contributed by atoms with E-state index in [0.717, 1.165) is 18.3 Å². The van der Waals surface area contributed by atoms with Gasteiger partial charge in [0.15, 0.2) is 6.10 Å². The van der Waals surface area contributed by atoms with E-state index < -0.39 is 12.1 Å². The van der Waals surface area contributed by atoms with Gasteiger partial charge in [-0.15, -0.1) is 11.8 Å². The van der Waals surface area contributed by atoms with Crippen LogP contribution in [0.1, 0.15) is 46.9 Å². The Morgan fingerprint density at radius 1 is 1.35 bits per heavy atom. The van der Waals surface area contributed by atoms with Crippen LogP contribution in [0.25, 0.3) is 0 Å². The number of methoxy groups -OCH3 is 1. The highest BCUT2D eigenvalue weighted by molar-refractivity contribution is 14.1. The topological polar surface area (TPSA) is 63.6 Å². The van der Waals surface area contributed by atoms with Gasteiger partial charge in [-0.25, -0.2) is 4.79 Å². The summed E-state index contributed by atoms with van der Waals surface area (Å²) in [6, 6.07) is 7.13. The van der Waals surface area contributed by atoms with Crippen molar-refractivity contribution < 1.29 is 19.4 Å². The van der Waals surface area contributed by atoms with Crippen LogP contribution in [0, 0.1) is 0 Å². The van der Waals surface area contributed by atoms with Crippen molar-refractivity contribution >= 4 is 46.6 Å². The number of carboxylic acids is 1. The third-order valence-corrected chi connectivity index (χ3v) is 7.82. The van der Waals surface area contributed by atoms with Gasteiger partial charge in [0.1, 0.15) is 6.29 Å². The number of hydrogen-bond acceptors (Lipinski definition) is 4. The van der Waals surface area contributed by atoms with E-state index in [0.29, 0.717) is 14.7 Å². The molecule has 0 heterocycles. The molecule has 0 aromatic heterocycles. The van der Waals surface area contributed by atoms with E-state index >= 15 is 0 Å². The summed E-state index contributed by atoms with van der Waals surface area (Å²) in [6.45, 7) is 0. The minimum Gasteiger partial charge on any atom is -0.479 e. The molecule has 6 heteroatoms. The van der Waals surface area contributed by atoms with Crippen molar-refractivity contribution in [1.29, 1.82) is 0 Å². The Morgan fingerprint density at radius 2 is 2.00 bits per heavy atom. The molecule has 0 bridgehead atoms. The molecule has 0 aliphatic heterocycles. The fraction of sp³-hybridized carbons (Fsp3) is 0.529. The minimum absolute atomic E-state index is 0.279. The quantitative estimate of drug-likeness (QED) is 0.386. The maximum absolute atomic E-state index is 11.6. The highest BCUT2D eigenvalue weighted by Gasteiger charge is 2.35. The van der Waals surface area contributed by atoms with Crippen LogP contribution in [0.5, 0.6) is 0 Å². The van der Waals surface area contributed by atoms with E-state index in [1.165, 1.54) is 26.4 Å². The molecule has 0 radical (unpaired) electrons. The van der Waals surface area contributed by atoms with Gasteiger partial charge in [-0.3, -0.25) is 4.79 Å². The lowest BCUT2D eigenvalue weighted by Gasteiger charge is -2.32. The van der Waals surface area contributed by atoms with Crippen LogP contribution in [0.4, 0.5) is 0 Å². The molecule has 1 N–H and O–H groups in total. The normalized spacial score (nSPS) is 23.9. The van der Waals surface area contributed by atoms with Crippen LogP contribution in [-0.2, 0) is 9.53 Å². The van der Waals surface area contributed by atoms with E-state index in [9.17, 15) is 14.7 Å². The molecule has 0 amide bonds. The molecule has 4 atom stereocenters. The second kappa shape index (κ2) is 9.03. The number of carbonyl (C=O) groups excluding carboxylic acids is 1. The maximum atomic E-state index is 11.6. The third-order valence-electron chi connectivity index (χ3n) is 4.12. The van der Waals surface area contributed by atoms with Crippen molar-refractivity contribution in [3.8, 4) is 0 Å². The standard InChI is InChI=1S/C17H21IO4S/c1-22-15(17(20)21)16(12-8-6-11(10-19)7-9-12)23-14-5-3-2-4-13(14)18/h6-10,13-16H,2-5H2,1H3,(H,20,21). The molecule has 23 heavy (non-hydrogen) atoms.